The van der Waals surface area contributed by atoms with Crippen LogP contribution in [0, 0.1) is 16.0 Å². The second-order valence-electron chi connectivity index (χ2n) is 2.60. The minimum absolute atomic E-state index is 0.592. The molecule has 64 valence electrons. The highest BCUT2D eigenvalue weighted by atomic mass is 32.1. The second-order valence-corrected chi connectivity index (χ2v) is 3.49. The van der Waals surface area contributed by atoms with Crippen LogP contribution in [-0.2, 0) is 0 Å². The van der Waals surface area contributed by atoms with Gasteiger partial charge in [-0.05, 0) is 6.07 Å². The first-order valence-corrected chi connectivity index (χ1v) is 4.40. The number of aromatic nitrogens is 2. The molecule has 0 fully saturated rings. The summed E-state index contributed by atoms with van der Waals surface area (Å²) in [4.78, 5) is 2.90. The molecule has 2 rings (SSSR count). The molecule has 0 aliphatic rings. The average molecular weight is 207 g/mol. The van der Waals surface area contributed by atoms with Crippen molar-refractivity contribution in [3.8, 4) is 6.07 Å². The van der Waals surface area contributed by atoms with Crippen LogP contribution in [0.15, 0.2) is 23.5 Å². The average Bonchev–Trinajstić information content (AvgIpc) is 2.47. The van der Waals surface area contributed by atoms with Crippen LogP contribution in [0.5, 0.6) is 0 Å². The third kappa shape index (κ3) is 1.34. The fourth-order valence-electron chi connectivity index (χ4n) is 1.17. The van der Waals surface area contributed by atoms with E-state index in [0.717, 1.165) is 5.52 Å². The SMILES string of the molecule is N#Cc1cc2c(=S)[nH]c(S)cn2c1. The van der Waals surface area contributed by atoms with Gasteiger partial charge in [0.15, 0.2) is 0 Å². The number of aromatic amines is 1. The summed E-state index contributed by atoms with van der Waals surface area (Å²) in [6, 6.07) is 3.80. The van der Waals surface area contributed by atoms with Crippen molar-refractivity contribution in [2.75, 3.05) is 0 Å². The van der Waals surface area contributed by atoms with Gasteiger partial charge in [0.2, 0.25) is 0 Å². The lowest BCUT2D eigenvalue weighted by molar-refractivity contribution is 1.02. The lowest BCUT2D eigenvalue weighted by atomic mass is 10.4. The molecule has 0 saturated carbocycles. The maximum Gasteiger partial charge on any atom is 0.128 e. The lowest BCUT2D eigenvalue weighted by Crippen LogP contribution is -1.86. The molecule has 3 nitrogen and oxygen atoms in total. The van der Waals surface area contributed by atoms with Gasteiger partial charge in [-0.15, -0.1) is 12.6 Å². The van der Waals surface area contributed by atoms with Crippen LogP contribution >= 0.6 is 24.8 Å². The highest BCUT2D eigenvalue weighted by Crippen LogP contribution is 2.12. The summed E-state index contributed by atoms with van der Waals surface area (Å²) in [6.45, 7) is 0. The van der Waals surface area contributed by atoms with Crippen molar-refractivity contribution in [2.45, 2.75) is 5.03 Å². The van der Waals surface area contributed by atoms with Crippen LogP contribution in [0.25, 0.3) is 5.52 Å². The largest absolute Gasteiger partial charge is 0.339 e. The van der Waals surface area contributed by atoms with Crippen LogP contribution in [0.2, 0.25) is 0 Å². The van der Waals surface area contributed by atoms with Gasteiger partial charge in [-0.25, -0.2) is 0 Å². The van der Waals surface area contributed by atoms with Gasteiger partial charge in [0.05, 0.1) is 16.1 Å². The summed E-state index contributed by atoms with van der Waals surface area (Å²) in [5, 5.41) is 9.35. The molecule has 0 atom stereocenters. The standard InChI is InChI=1S/C8H5N3S2/c9-2-5-1-6-8(13)10-7(12)4-11(6)3-5/h1,3-4,12H,(H,10,13). The third-order valence-electron chi connectivity index (χ3n) is 1.71. The minimum atomic E-state index is 0.592. The number of hydrogen-bond acceptors (Lipinski definition) is 3. The Morgan fingerprint density at radius 3 is 3.00 bits per heavy atom. The van der Waals surface area contributed by atoms with Crippen molar-refractivity contribution < 1.29 is 0 Å². The van der Waals surface area contributed by atoms with Crippen LogP contribution in [-0.4, -0.2) is 9.38 Å². The van der Waals surface area contributed by atoms with E-state index in [-0.39, 0.29) is 0 Å². The van der Waals surface area contributed by atoms with E-state index in [1.807, 2.05) is 0 Å². The summed E-state index contributed by atoms with van der Waals surface area (Å²) in [5.74, 6) is 0. The number of hydrogen-bond donors (Lipinski definition) is 2. The van der Waals surface area contributed by atoms with E-state index in [0.29, 0.717) is 15.2 Å². The normalized spacial score (nSPS) is 10.2. The lowest BCUT2D eigenvalue weighted by Gasteiger charge is -1.95. The third-order valence-corrected chi connectivity index (χ3v) is 2.25. The Labute approximate surface area is 85.0 Å². The Kier molecular flexibility index (Phi) is 1.87. The van der Waals surface area contributed by atoms with Gasteiger partial charge in [-0.1, -0.05) is 12.2 Å². The number of fused-ring (bicyclic) bond motifs is 1. The van der Waals surface area contributed by atoms with Crippen molar-refractivity contribution in [1.82, 2.24) is 9.38 Å². The van der Waals surface area contributed by atoms with Crippen molar-refractivity contribution in [2.24, 2.45) is 0 Å². The highest BCUT2D eigenvalue weighted by molar-refractivity contribution is 7.80. The van der Waals surface area contributed by atoms with Crippen molar-refractivity contribution in [3.63, 3.8) is 0 Å². The molecule has 2 aromatic heterocycles. The highest BCUT2D eigenvalue weighted by Gasteiger charge is 2.00. The molecule has 5 heteroatoms. The van der Waals surface area contributed by atoms with E-state index in [4.69, 9.17) is 17.5 Å². The molecule has 0 saturated heterocycles. The van der Waals surface area contributed by atoms with Crippen LogP contribution < -0.4 is 0 Å². The molecule has 1 N–H and O–H groups in total. The predicted molar refractivity (Wildman–Crippen MR) is 54.5 cm³/mol. The number of nitrogens with zero attached hydrogens (tertiary/aromatic N) is 2. The molecule has 0 unspecified atom stereocenters. The predicted octanol–water partition coefficient (Wildman–Crippen LogP) is 2.16. The molecule has 0 aromatic carbocycles. The van der Waals surface area contributed by atoms with Crippen molar-refractivity contribution in [1.29, 1.82) is 5.26 Å². The van der Waals surface area contributed by atoms with E-state index in [1.54, 1.807) is 22.9 Å². The maximum atomic E-state index is 8.67. The molecule has 0 bridgehead atoms. The van der Waals surface area contributed by atoms with Crippen molar-refractivity contribution >= 4 is 30.4 Å². The second kappa shape index (κ2) is 2.91. The molecule has 0 radical (unpaired) electrons. The van der Waals surface area contributed by atoms with Crippen LogP contribution in [0.1, 0.15) is 5.56 Å². The first-order chi connectivity index (χ1) is 6.20. The minimum Gasteiger partial charge on any atom is -0.339 e. The zero-order valence-corrected chi connectivity index (χ0v) is 8.19. The topological polar surface area (TPSA) is 44.0 Å². The number of rotatable bonds is 0. The Balaban J connectivity index is 2.93. The number of H-pyrrole nitrogens is 1. The summed E-state index contributed by atoms with van der Waals surface area (Å²) in [7, 11) is 0. The zero-order valence-electron chi connectivity index (χ0n) is 6.48. The molecule has 0 aliphatic carbocycles. The molecule has 0 spiro atoms. The van der Waals surface area contributed by atoms with Gasteiger partial charge in [-0.3, -0.25) is 0 Å². The Morgan fingerprint density at radius 1 is 1.54 bits per heavy atom. The fraction of sp³-hybridized carbons (Fsp3) is 0. The van der Waals surface area contributed by atoms with Gasteiger partial charge in [0.1, 0.15) is 10.7 Å². The first kappa shape index (κ1) is 8.35. The molecule has 2 heterocycles. The van der Waals surface area contributed by atoms with Gasteiger partial charge in [-0.2, -0.15) is 5.26 Å². The maximum absolute atomic E-state index is 8.67. The van der Waals surface area contributed by atoms with Gasteiger partial charge < -0.3 is 9.38 Å². The molecular weight excluding hydrogens is 202 g/mol. The molecule has 13 heavy (non-hydrogen) atoms. The van der Waals surface area contributed by atoms with E-state index < -0.39 is 0 Å². The Morgan fingerprint density at radius 2 is 2.31 bits per heavy atom. The van der Waals surface area contributed by atoms with Gasteiger partial charge in [0.25, 0.3) is 0 Å². The molecule has 2 aromatic rings. The first-order valence-electron chi connectivity index (χ1n) is 3.55. The fourth-order valence-corrected chi connectivity index (χ4v) is 1.76. The van der Waals surface area contributed by atoms with Gasteiger partial charge >= 0.3 is 0 Å². The van der Waals surface area contributed by atoms with E-state index in [2.05, 4.69) is 23.7 Å². The van der Waals surface area contributed by atoms with Crippen molar-refractivity contribution in [3.05, 3.63) is 28.7 Å². The Hall–Kier alpha value is -1.25. The molecule has 0 aliphatic heterocycles. The van der Waals surface area contributed by atoms with E-state index in [9.17, 15) is 0 Å². The summed E-state index contributed by atoms with van der Waals surface area (Å²) in [6.07, 6.45) is 3.49. The van der Waals surface area contributed by atoms with E-state index in [1.165, 1.54) is 0 Å². The van der Waals surface area contributed by atoms with E-state index >= 15 is 0 Å². The van der Waals surface area contributed by atoms with Crippen LogP contribution in [0.3, 0.4) is 0 Å². The molecular formula is C8H5N3S2. The zero-order chi connectivity index (χ0) is 9.42. The monoisotopic (exact) mass is 207 g/mol. The molecule has 0 amide bonds. The van der Waals surface area contributed by atoms with Crippen LogP contribution in [0.4, 0.5) is 0 Å². The number of nitrogens with one attached hydrogen (secondary N) is 1. The summed E-state index contributed by atoms with van der Waals surface area (Å²) >= 11 is 9.21. The summed E-state index contributed by atoms with van der Waals surface area (Å²) < 4.78 is 2.38. The Bertz CT molecular complexity index is 559. The van der Waals surface area contributed by atoms with Gasteiger partial charge in [0, 0.05) is 12.4 Å². The number of nitriles is 1. The smallest absolute Gasteiger partial charge is 0.128 e. The quantitative estimate of drug-likeness (QED) is 0.513. The number of thiol groups is 1. The summed E-state index contributed by atoms with van der Waals surface area (Å²) in [5.41, 5.74) is 1.42.